The molecule has 30 heavy (non-hydrogen) atoms. The Balaban J connectivity index is 2.09. The van der Waals surface area contributed by atoms with E-state index in [0.717, 1.165) is 5.57 Å². The van der Waals surface area contributed by atoms with Crippen molar-refractivity contribution in [2.45, 2.75) is 83.7 Å². The van der Waals surface area contributed by atoms with Gasteiger partial charge in [-0.15, -0.1) is 0 Å². The standard InChI is InChI=1S/C23H36O7/c1-4-13(2)23(29)30-20-11-17(25)9-15-6-5-14(3)19(22(15)20)8-7-16(24)10-18(26)12-21(27)28/h5-6,9,13-14,16-20,22,24-26H,4,7-8,10-12H2,1-3H3,(H,27,28)/t13-,14-,16+,17+,18?,19-,20-,22-/m0/s1. The minimum atomic E-state index is -1.10. The molecular weight excluding hydrogens is 388 g/mol. The summed E-state index contributed by atoms with van der Waals surface area (Å²) in [5.74, 6) is -1.31. The SMILES string of the molecule is CC[C@H](C)C(=O)O[C@H]1C[C@H](O)C=C2C=C[C@H](C)[C@H](CC[C@@H](O)CC(O)CC(=O)O)[C@H]21. The number of ether oxygens (including phenoxy) is 1. The Bertz CT molecular complexity index is 656. The Kier molecular flexibility index (Phi) is 9.07. The number of hydrogen-bond donors (Lipinski definition) is 4. The number of carbonyl (C=O) groups excluding carboxylic acids is 1. The number of carbonyl (C=O) groups is 2. The number of carboxylic acid groups (broad SMARTS) is 1. The zero-order valence-corrected chi connectivity index (χ0v) is 18.1. The summed E-state index contributed by atoms with van der Waals surface area (Å²) in [5.41, 5.74) is 0.958. The summed E-state index contributed by atoms with van der Waals surface area (Å²) in [6.45, 7) is 5.85. The number of allylic oxidation sites excluding steroid dienone is 2. The van der Waals surface area contributed by atoms with E-state index in [0.29, 0.717) is 25.7 Å². The Morgan fingerprint density at radius 2 is 1.97 bits per heavy atom. The van der Waals surface area contributed by atoms with Crippen molar-refractivity contribution in [2.24, 2.45) is 23.7 Å². The molecule has 2 rings (SSSR count). The maximum atomic E-state index is 12.4. The highest BCUT2D eigenvalue weighted by Crippen LogP contribution is 2.44. The summed E-state index contributed by atoms with van der Waals surface area (Å²) < 4.78 is 5.84. The smallest absolute Gasteiger partial charge is 0.308 e. The Hall–Kier alpha value is -1.70. The highest BCUT2D eigenvalue weighted by atomic mass is 16.5. The van der Waals surface area contributed by atoms with Crippen LogP contribution in [0.5, 0.6) is 0 Å². The van der Waals surface area contributed by atoms with E-state index in [4.69, 9.17) is 9.84 Å². The van der Waals surface area contributed by atoms with Crippen molar-refractivity contribution in [1.29, 1.82) is 0 Å². The van der Waals surface area contributed by atoms with E-state index in [1.54, 1.807) is 0 Å². The van der Waals surface area contributed by atoms with E-state index in [1.807, 2.05) is 26.0 Å². The highest BCUT2D eigenvalue weighted by Gasteiger charge is 2.42. The Morgan fingerprint density at radius 3 is 2.60 bits per heavy atom. The van der Waals surface area contributed by atoms with Crippen LogP contribution in [-0.4, -0.2) is 56.8 Å². The molecule has 0 radical (unpaired) electrons. The lowest BCUT2D eigenvalue weighted by Gasteiger charge is -2.43. The zero-order valence-electron chi connectivity index (χ0n) is 18.1. The van der Waals surface area contributed by atoms with E-state index < -0.39 is 30.4 Å². The van der Waals surface area contributed by atoms with Crippen LogP contribution in [0.2, 0.25) is 0 Å². The first kappa shape index (κ1) is 24.6. The van der Waals surface area contributed by atoms with Gasteiger partial charge in [0.15, 0.2) is 0 Å². The molecule has 7 heteroatoms. The molecule has 0 saturated heterocycles. The molecule has 0 amide bonds. The normalized spacial score (nSPS) is 31.3. The summed E-state index contributed by atoms with van der Waals surface area (Å²) in [6.07, 6.45) is 4.64. The first-order valence-corrected chi connectivity index (χ1v) is 11.0. The summed E-state index contributed by atoms with van der Waals surface area (Å²) in [7, 11) is 0. The molecule has 170 valence electrons. The Labute approximate surface area is 178 Å². The zero-order chi connectivity index (χ0) is 22.4. The van der Waals surface area contributed by atoms with Crippen molar-refractivity contribution in [3.8, 4) is 0 Å². The van der Waals surface area contributed by atoms with Gasteiger partial charge in [0.1, 0.15) is 6.10 Å². The summed E-state index contributed by atoms with van der Waals surface area (Å²) in [4.78, 5) is 23.1. The second kappa shape index (κ2) is 11.1. The molecule has 0 aliphatic heterocycles. The van der Waals surface area contributed by atoms with Crippen LogP contribution in [0, 0.1) is 23.7 Å². The number of aliphatic hydroxyl groups excluding tert-OH is 3. The second-order valence-corrected chi connectivity index (χ2v) is 8.88. The van der Waals surface area contributed by atoms with Gasteiger partial charge in [-0.1, -0.05) is 39.0 Å². The van der Waals surface area contributed by atoms with E-state index in [9.17, 15) is 24.9 Å². The van der Waals surface area contributed by atoms with Crippen molar-refractivity contribution < 1.29 is 34.8 Å². The quantitative estimate of drug-likeness (QED) is 0.397. The van der Waals surface area contributed by atoms with E-state index >= 15 is 0 Å². The fraction of sp³-hybridized carbons (Fsp3) is 0.739. The van der Waals surface area contributed by atoms with Crippen LogP contribution in [0.4, 0.5) is 0 Å². The lowest BCUT2D eigenvalue weighted by molar-refractivity contribution is -0.159. The van der Waals surface area contributed by atoms with Crippen LogP contribution in [0.3, 0.4) is 0 Å². The molecule has 0 heterocycles. The molecule has 0 aromatic heterocycles. The minimum Gasteiger partial charge on any atom is -0.481 e. The number of rotatable bonds is 10. The van der Waals surface area contributed by atoms with Crippen LogP contribution >= 0.6 is 0 Å². The fourth-order valence-electron chi connectivity index (χ4n) is 4.52. The van der Waals surface area contributed by atoms with Crippen molar-refractivity contribution in [3.63, 3.8) is 0 Å². The number of hydrogen-bond acceptors (Lipinski definition) is 6. The number of aliphatic hydroxyl groups is 3. The molecule has 7 nitrogen and oxygen atoms in total. The Morgan fingerprint density at radius 1 is 1.27 bits per heavy atom. The van der Waals surface area contributed by atoms with E-state index in [1.165, 1.54) is 0 Å². The predicted molar refractivity (Wildman–Crippen MR) is 111 cm³/mol. The topological polar surface area (TPSA) is 124 Å². The maximum Gasteiger partial charge on any atom is 0.308 e. The fourth-order valence-corrected chi connectivity index (χ4v) is 4.52. The monoisotopic (exact) mass is 424 g/mol. The van der Waals surface area contributed by atoms with Gasteiger partial charge in [-0.25, -0.2) is 0 Å². The first-order chi connectivity index (χ1) is 14.1. The van der Waals surface area contributed by atoms with Crippen molar-refractivity contribution in [2.75, 3.05) is 0 Å². The highest BCUT2D eigenvalue weighted by molar-refractivity contribution is 5.72. The van der Waals surface area contributed by atoms with Gasteiger partial charge in [0.25, 0.3) is 0 Å². The average Bonchev–Trinajstić information content (AvgIpc) is 2.65. The van der Waals surface area contributed by atoms with Crippen LogP contribution in [0.25, 0.3) is 0 Å². The molecular formula is C23H36O7. The third kappa shape index (κ3) is 6.65. The van der Waals surface area contributed by atoms with Gasteiger partial charge in [0.05, 0.1) is 30.7 Å². The number of esters is 1. The summed E-state index contributed by atoms with van der Waals surface area (Å²) >= 11 is 0. The molecule has 1 unspecified atom stereocenters. The molecule has 2 aliphatic rings. The van der Waals surface area contributed by atoms with E-state index in [2.05, 4.69) is 13.0 Å². The molecule has 2 aliphatic carbocycles. The van der Waals surface area contributed by atoms with Crippen molar-refractivity contribution >= 4 is 11.9 Å². The second-order valence-electron chi connectivity index (χ2n) is 8.88. The third-order valence-electron chi connectivity index (χ3n) is 6.44. The van der Waals surface area contributed by atoms with E-state index in [-0.39, 0.29) is 42.5 Å². The first-order valence-electron chi connectivity index (χ1n) is 11.0. The van der Waals surface area contributed by atoms with Crippen LogP contribution in [0.1, 0.15) is 59.3 Å². The number of fused-ring (bicyclic) bond motifs is 1. The van der Waals surface area contributed by atoms with Gasteiger partial charge in [-0.05, 0) is 43.1 Å². The molecule has 8 atom stereocenters. The van der Waals surface area contributed by atoms with Crippen molar-refractivity contribution in [3.05, 3.63) is 23.8 Å². The summed E-state index contributed by atoms with van der Waals surface area (Å²) in [6, 6.07) is 0. The molecule has 4 N–H and O–H groups in total. The van der Waals surface area contributed by atoms with Gasteiger partial charge >= 0.3 is 11.9 Å². The molecule has 0 aromatic rings. The van der Waals surface area contributed by atoms with Crippen LogP contribution < -0.4 is 0 Å². The van der Waals surface area contributed by atoms with Crippen LogP contribution in [-0.2, 0) is 14.3 Å². The molecule has 0 fully saturated rings. The third-order valence-corrected chi connectivity index (χ3v) is 6.44. The minimum absolute atomic E-state index is 0.0156. The molecule has 0 aromatic carbocycles. The van der Waals surface area contributed by atoms with Gasteiger partial charge in [-0.3, -0.25) is 9.59 Å². The number of carboxylic acids is 1. The molecule has 0 bridgehead atoms. The molecule has 0 spiro atoms. The number of aliphatic carboxylic acids is 1. The van der Waals surface area contributed by atoms with Crippen molar-refractivity contribution in [1.82, 2.24) is 0 Å². The summed E-state index contributed by atoms with van der Waals surface area (Å²) in [5, 5.41) is 39.1. The average molecular weight is 425 g/mol. The molecule has 0 saturated carbocycles. The maximum absolute atomic E-state index is 12.4. The van der Waals surface area contributed by atoms with Gasteiger partial charge in [0, 0.05) is 12.3 Å². The lowest BCUT2D eigenvalue weighted by atomic mass is 9.66. The predicted octanol–water partition coefficient (Wildman–Crippen LogP) is 2.44. The lowest BCUT2D eigenvalue weighted by Crippen LogP contribution is -2.43. The van der Waals surface area contributed by atoms with Gasteiger partial charge in [0.2, 0.25) is 0 Å². The van der Waals surface area contributed by atoms with Gasteiger partial charge in [-0.2, -0.15) is 0 Å². The van der Waals surface area contributed by atoms with Gasteiger partial charge < -0.3 is 25.2 Å². The van der Waals surface area contributed by atoms with Crippen LogP contribution in [0.15, 0.2) is 23.8 Å². The largest absolute Gasteiger partial charge is 0.481 e.